The molecule has 0 saturated carbocycles. The average molecular weight is 388 g/mol. The minimum atomic E-state index is -3.29. The van der Waals surface area contributed by atoms with Crippen LogP contribution < -0.4 is 15.2 Å². The molecule has 2 aliphatic rings. The van der Waals surface area contributed by atoms with Crippen molar-refractivity contribution in [1.29, 1.82) is 0 Å². The SMILES string of the molecule is CC(C)S(=O)(=O)NC1C=C2CC=C(COc3ccc(C(N)=O)cc3)C=C2C1. The molecular weight excluding hydrogens is 364 g/mol. The monoisotopic (exact) mass is 388 g/mol. The lowest BCUT2D eigenvalue weighted by Gasteiger charge is -2.15. The number of hydrogen-bond donors (Lipinski definition) is 2. The molecule has 27 heavy (non-hydrogen) atoms. The van der Waals surface area contributed by atoms with Crippen LogP contribution in [0.4, 0.5) is 0 Å². The topological polar surface area (TPSA) is 98.5 Å². The van der Waals surface area contributed by atoms with E-state index >= 15 is 0 Å². The first-order chi connectivity index (χ1) is 12.7. The number of fused-ring (bicyclic) bond motifs is 1. The van der Waals surface area contributed by atoms with Crippen LogP contribution >= 0.6 is 0 Å². The Balaban J connectivity index is 1.59. The van der Waals surface area contributed by atoms with Gasteiger partial charge in [-0.2, -0.15) is 0 Å². The largest absolute Gasteiger partial charge is 0.489 e. The van der Waals surface area contributed by atoms with E-state index in [4.69, 9.17) is 10.5 Å². The Morgan fingerprint density at radius 1 is 1.26 bits per heavy atom. The molecule has 1 aromatic rings. The van der Waals surface area contributed by atoms with Crippen molar-refractivity contribution in [2.75, 3.05) is 6.61 Å². The average Bonchev–Trinajstić information content (AvgIpc) is 3.00. The summed E-state index contributed by atoms with van der Waals surface area (Å²) < 4.78 is 32.7. The van der Waals surface area contributed by atoms with E-state index in [0.717, 1.165) is 17.6 Å². The van der Waals surface area contributed by atoms with Crippen LogP contribution in [-0.2, 0) is 10.0 Å². The van der Waals surface area contributed by atoms with Gasteiger partial charge < -0.3 is 10.5 Å². The van der Waals surface area contributed by atoms with Crippen molar-refractivity contribution in [3.05, 3.63) is 64.8 Å². The van der Waals surface area contributed by atoms with Gasteiger partial charge in [-0.1, -0.05) is 18.2 Å². The van der Waals surface area contributed by atoms with Crippen LogP contribution in [0.5, 0.6) is 5.75 Å². The number of primary amides is 1. The van der Waals surface area contributed by atoms with Crippen molar-refractivity contribution in [3.63, 3.8) is 0 Å². The van der Waals surface area contributed by atoms with Crippen molar-refractivity contribution in [1.82, 2.24) is 4.72 Å². The lowest BCUT2D eigenvalue weighted by Crippen LogP contribution is -2.37. The molecule has 3 rings (SSSR count). The molecule has 0 saturated heterocycles. The highest BCUT2D eigenvalue weighted by atomic mass is 32.2. The summed E-state index contributed by atoms with van der Waals surface area (Å²) in [5, 5.41) is -0.449. The summed E-state index contributed by atoms with van der Waals surface area (Å²) in [5.41, 5.74) is 9.03. The first kappa shape index (κ1) is 19.4. The van der Waals surface area contributed by atoms with Crippen molar-refractivity contribution in [2.45, 2.75) is 38.0 Å². The molecule has 2 aliphatic carbocycles. The van der Waals surface area contributed by atoms with E-state index in [1.165, 1.54) is 5.57 Å². The Morgan fingerprint density at radius 2 is 1.96 bits per heavy atom. The van der Waals surface area contributed by atoms with Crippen molar-refractivity contribution >= 4 is 15.9 Å². The maximum Gasteiger partial charge on any atom is 0.248 e. The maximum absolute atomic E-state index is 12.1. The summed E-state index contributed by atoms with van der Waals surface area (Å²) in [6, 6.07) is 6.51. The number of carbonyl (C=O) groups excluding carboxylic acids is 1. The number of carbonyl (C=O) groups is 1. The zero-order valence-corrected chi connectivity index (χ0v) is 16.3. The molecule has 6 nitrogen and oxygen atoms in total. The summed E-state index contributed by atoms with van der Waals surface area (Å²) in [6.45, 7) is 3.75. The van der Waals surface area contributed by atoms with E-state index < -0.39 is 21.2 Å². The van der Waals surface area contributed by atoms with Crippen LogP contribution in [0, 0.1) is 0 Å². The Labute approximate surface area is 159 Å². The van der Waals surface area contributed by atoms with Gasteiger partial charge in [0, 0.05) is 11.6 Å². The quantitative estimate of drug-likeness (QED) is 0.749. The standard InChI is InChI=1S/C20H24N2O4S/c1-13(2)27(24,25)22-18-10-16-4-3-14(9-17(16)11-18)12-26-19-7-5-15(6-8-19)20(21)23/h3,5-10,13,18,22H,4,11-12H2,1-2H3,(H2,21,23). The summed E-state index contributed by atoms with van der Waals surface area (Å²) in [4.78, 5) is 11.1. The number of hydrogen-bond acceptors (Lipinski definition) is 4. The minimum Gasteiger partial charge on any atom is -0.489 e. The molecule has 1 amide bonds. The minimum absolute atomic E-state index is 0.186. The lowest BCUT2D eigenvalue weighted by atomic mass is 9.96. The van der Waals surface area contributed by atoms with E-state index in [-0.39, 0.29) is 6.04 Å². The summed E-state index contributed by atoms with van der Waals surface area (Å²) in [6.07, 6.45) is 7.59. The predicted octanol–water partition coefficient (Wildman–Crippen LogP) is 2.45. The molecule has 0 spiro atoms. The highest BCUT2D eigenvalue weighted by molar-refractivity contribution is 7.90. The van der Waals surface area contributed by atoms with Gasteiger partial charge in [0.1, 0.15) is 12.4 Å². The van der Waals surface area contributed by atoms with Crippen LogP contribution in [0.15, 0.2) is 59.2 Å². The van der Waals surface area contributed by atoms with Crippen molar-refractivity contribution < 1.29 is 17.9 Å². The number of benzene rings is 1. The number of ether oxygens (including phenoxy) is 1. The fourth-order valence-electron chi connectivity index (χ4n) is 3.06. The molecule has 0 aromatic heterocycles. The highest BCUT2D eigenvalue weighted by Crippen LogP contribution is 2.33. The van der Waals surface area contributed by atoms with Crippen molar-refractivity contribution in [2.24, 2.45) is 5.73 Å². The second kappa shape index (κ2) is 7.70. The zero-order valence-electron chi connectivity index (χ0n) is 15.4. The molecule has 0 fully saturated rings. The summed E-state index contributed by atoms with van der Waals surface area (Å²) in [5.74, 6) is 0.194. The van der Waals surface area contributed by atoms with Crippen LogP contribution in [0.2, 0.25) is 0 Å². The molecule has 0 radical (unpaired) electrons. The third kappa shape index (κ3) is 4.67. The fourth-order valence-corrected chi connectivity index (χ4v) is 3.90. The molecular formula is C20H24N2O4S. The first-order valence-electron chi connectivity index (χ1n) is 8.89. The van der Waals surface area contributed by atoms with E-state index in [2.05, 4.69) is 16.9 Å². The fraction of sp³-hybridized carbons (Fsp3) is 0.350. The van der Waals surface area contributed by atoms with Crippen LogP contribution in [0.25, 0.3) is 0 Å². The van der Waals surface area contributed by atoms with Gasteiger partial charge in [-0.15, -0.1) is 0 Å². The van der Waals surface area contributed by atoms with Crippen molar-refractivity contribution in [3.8, 4) is 5.75 Å². The van der Waals surface area contributed by atoms with Gasteiger partial charge in [-0.05, 0) is 67.7 Å². The van der Waals surface area contributed by atoms with Gasteiger partial charge in [-0.25, -0.2) is 13.1 Å². The maximum atomic E-state index is 12.1. The first-order valence-corrected chi connectivity index (χ1v) is 10.4. The van der Waals surface area contributed by atoms with Crippen LogP contribution in [0.3, 0.4) is 0 Å². The summed E-state index contributed by atoms with van der Waals surface area (Å²) in [7, 11) is -3.29. The number of nitrogens with one attached hydrogen (secondary N) is 1. The predicted molar refractivity (Wildman–Crippen MR) is 105 cm³/mol. The molecule has 1 unspecified atom stereocenters. The van der Waals surface area contributed by atoms with Gasteiger partial charge in [-0.3, -0.25) is 4.79 Å². The Kier molecular flexibility index (Phi) is 5.53. The smallest absolute Gasteiger partial charge is 0.248 e. The second-order valence-electron chi connectivity index (χ2n) is 7.04. The van der Waals surface area contributed by atoms with E-state index in [0.29, 0.717) is 24.3 Å². The van der Waals surface area contributed by atoms with Gasteiger partial charge in [0.25, 0.3) is 0 Å². The Morgan fingerprint density at radius 3 is 2.59 bits per heavy atom. The van der Waals surface area contributed by atoms with Gasteiger partial charge in [0.05, 0.1) is 5.25 Å². The third-order valence-corrected chi connectivity index (χ3v) is 6.55. The molecule has 144 valence electrons. The van der Waals surface area contributed by atoms with E-state index in [1.807, 2.05) is 6.08 Å². The van der Waals surface area contributed by atoms with Gasteiger partial charge in [0.2, 0.25) is 15.9 Å². The number of nitrogens with two attached hydrogens (primary N) is 1. The van der Waals surface area contributed by atoms with E-state index in [1.54, 1.807) is 38.1 Å². The Hall–Kier alpha value is -2.38. The molecule has 3 N–H and O–H groups in total. The van der Waals surface area contributed by atoms with Gasteiger partial charge in [0.15, 0.2) is 0 Å². The zero-order chi connectivity index (χ0) is 19.6. The molecule has 1 atom stereocenters. The highest BCUT2D eigenvalue weighted by Gasteiger charge is 2.27. The number of sulfonamides is 1. The van der Waals surface area contributed by atoms with E-state index in [9.17, 15) is 13.2 Å². The molecule has 7 heteroatoms. The number of amides is 1. The Bertz CT molecular complexity index is 925. The lowest BCUT2D eigenvalue weighted by molar-refractivity contribution is 0.1000. The molecule has 1 aromatic carbocycles. The number of rotatable bonds is 7. The molecule has 0 bridgehead atoms. The molecule has 0 heterocycles. The van der Waals surface area contributed by atoms with Crippen LogP contribution in [0.1, 0.15) is 37.0 Å². The second-order valence-corrected chi connectivity index (χ2v) is 9.31. The van der Waals surface area contributed by atoms with Crippen LogP contribution in [-0.4, -0.2) is 32.2 Å². The van der Waals surface area contributed by atoms with Gasteiger partial charge >= 0.3 is 0 Å². The summed E-state index contributed by atoms with van der Waals surface area (Å²) >= 11 is 0. The third-order valence-electron chi connectivity index (χ3n) is 4.68. The molecule has 0 aliphatic heterocycles. The number of allylic oxidation sites excluding steroid dienone is 2. The normalized spacial score (nSPS) is 19.2.